The van der Waals surface area contributed by atoms with Gasteiger partial charge in [-0.2, -0.15) is 4.98 Å². The molecule has 3 aromatic rings. The molecule has 1 aliphatic heterocycles. The molecule has 28 heavy (non-hydrogen) atoms. The number of hydrogen-bond donors (Lipinski definition) is 0. The highest BCUT2D eigenvalue weighted by molar-refractivity contribution is 6.42. The molecule has 8 heteroatoms. The van der Waals surface area contributed by atoms with Gasteiger partial charge >= 0.3 is 0 Å². The van der Waals surface area contributed by atoms with Crippen molar-refractivity contribution in [1.29, 1.82) is 0 Å². The van der Waals surface area contributed by atoms with Crippen molar-refractivity contribution >= 4 is 29.1 Å². The maximum absolute atomic E-state index is 13.0. The topological polar surface area (TPSA) is 68.5 Å². The molecule has 0 bridgehead atoms. The molecule has 0 radical (unpaired) electrons. The molecule has 1 atom stereocenters. The minimum atomic E-state index is -0.263. The van der Waals surface area contributed by atoms with Crippen molar-refractivity contribution in [1.82, 2.24) is 15.0 Å². The smallest absolute Gasteiger partial charge is 0.254 e. The standard InChI is InChI=1S/C20H17Cl2N3O3/c1-27-14-7-4-12(5-8-14)18-23-19(28-24-18)17-3-2-10-25(17)20(26)13-6-9-15(21)16(22)11-13/h4-9,11,17H,2-3,10H2,1H3. The van der Waals surface area contributed by atoms with Crippen LogP contribution in [0.3, 0.4) is 0 Å². The molecule has 1 aliphatic rings. The third-order valence-corrected chi connectivity index (χ3v) is 5.49. The first-order valence-electron chi connectivity index (χ1n) is 8.81. The van der Waals surface area contributed by atoms with Crippen LogP contribution in [0, 0.1) is 0 Å². The molecule has 0 spiro atoms. The average molecular weight is 418 g/mol. The Morgan fingerprint density at radius 3 is 2.68 bits per heavy atom. The summed E-state index contributed by atoms with van der Waals surface area (Å²) in [7, 11) is 1.61. The Kier molecular flexibility index (Phi) is 5.24. The van der Waals surface area contributed by atoms with Crippen molar-refractivity contribution < 1.29 is 14.1 Å². The van der Waals surface area contributed by atoms with Gasteiger partial charge < -0.3 is 14.2 Å². The van der Waals surface area contributed by atoms with Gasteiger partial charge in [-0.3, -0.25) is 4.79 Å². The van der Waals surface area contributed by atoms with Gasteiger partial charge in [0, 0.05) is 17.7 Å². The number of likely N-dealkylation sites (tertiary alicyclic amines) is 1. The van der Waals surface area contributed by atoms with Crippen molar-refractivity contribution in [2.45, 2.75) is 18.9 Å². The lowest BCUT2D eigenvalue weighted by Gasteiger charge is -2.22. The number of amides is 1. The van der Waals surface area contributed by atoms with Gasteiger partial charge in [0.15, 0.2) is 0 Å². The number of rotatable bonds is 4. The van der Waals surface area contributed by atoms with Crippen LogP contribution in [0.4, 0.5) is 0 Å². The van der Waals surface area contributed by atoms with E-state index in [2.05, 4.69) is 10.1 Å². The Labute approximate surface area is 172 Å². The van der Waals surface area contributed by atoms with Gasteiger partial charge in [0.25, 0.3) is 5.91 Å². The molecule has 0 N–H and O–H groups in total. The first-order chi connectivity index (χ1) is 13.6. The van der Waals surface area contributed by atoms with Crippen molar-refractivity contribution in [3.05, 3.63) is 64.0 Å². The van der Waals surface area contributed by atoms with E-state index in [9.17, 15) is 4.79 Å². The zero-order valence-electron chi connectivity index (χ0n) is 15.1. The molecule has 1 amide bonds. The minimum Gasteiger partial charge on any atom is -0.497 e. The summed E-state index contributed by atoms with van der Waals surface area (Å²) in [4.78, 5) is 19.2. The summed E-state index contributed by atoms with van der Waals surface area (Å²) in [5.41, 5.74) is 1.30. The van der Waals surface area contributed by atoms with Crippen LogP contribution in [-0.4, -0.2) is 34.6 Å². The highest BCUT2D eigenvalue weighted by Crippen LogP contribution is 2.34. The molecule has 2 heterocycles. The number of nitrogens with zero attached hydrogens (tertiary/aromatic N) is 3. The third kappa shape index (κ3) is 3.57. The van der Waals surface area contributed by atoms with Crippen LogP contribution in [-0.2, 0) is 0 Å². The summed E-state index contributed by atoms with van der Waals surface area (Å²) in [5, 5.41) is 4.84. The van der Waals surface area contributed by atoms with Gasteiger partial charge in [-0.05, 0) is 55.3 Å². The Bertz CT molecular complexity index is 1000. The Balaban J connectivity index is 1.57. The fraction of sp³-hybridized carbons (Fsp3) is 0.250. The normalized spacial score (nSPS) is 16.4. The maximum Gasteiger partial charge on any atom is 0.254 e. The predicted octanol–water partition coefficient (Wildman–Crippen LogP) is 5.03. The van der Waals surface area contributed by atoms with Gasteiger partial charge in [-0.25, -0.2) is 0 Å². The highest BCUT2D eigenvalue weighted by atomic mass is 35.5. The largest absolute Gasteiger partial charge is 0.497 e. The molecule has 0 saturated carbocycles. The van der Waals surface area contributed by atoms with Crippen LogP contribution in [0.2, 0.25) is 10.0 Å². The van der Waals surface area contributed by atoms with Gasteiger partial charge in [0.1, 0.15) is 11.8 Å². The highest BCUT2D eigenvalue weighted by Gasteiger charge is 2.34. The van der Waals surface area contributed by atoms with E-state index in [1.807, 2.05) is 24.3 Å². The Morgan fingerprint density at radius 2 is 1.96 bits per heavy atom. The van der Waals surface area contributed by atoms with E-state index in [0.29, 0.717) is 33.9 Å². The predicted molar refractivity (Wildman–Crippen MR) is 106 cm³/mol. The first kappa shape index (κ1) is 18.8. The number of methoxy groups -OCH3 is 1. The van der Waals surface area contributed by atoms with Crippen LogP contribution >= 0.6 is 23.2 Å². The zero-order chi connectivity index (χ0) is 19.7. The molecule has 0 aliphatic carbocycles. The number of benzene rings is 2. The molecule has 1 fully saturated rings. The van der Waals surface area contributed by atoms with Crippen LogP contribution < -0.4 is 4.74 Å². The molecule has 144 valence electrons. The number of carbonyl (C=O) groups excluding carboxylic acids is 1. The van der Waals surface area contributed by atoms with Crippen LogP contribution in [0.1, 0.15) is 35.1 Å². The summed E-state index contributed by atoms with van der Waals surface area (Å²) in [6.07, 6.45) is 1.62. The van der Waals surface area contributed by atoms with E-state index in [1.165, 1.54) is 0 Å². The lowest BCUT2D eigenvalue weighted by Crippen LogP contribution is -2.30. The van der Waals surface area contributed by atoms with E-state index >= 15 is 0 Å². The second kappa shape index (κ2) is 7.81. The fourth-order valence-corrected chi connectivity index (χ4v) is 3.59. The molecular formula is C20H17Cl2N3O3. The number of aromatic nitrogens is 2. The average Bonchev–Trinajstić information content (AvgIpc) is 3.39. The summed E-state index contributed by atoms with van der Waals surface area (Å²) < 4.78 is 10.6. The lowest BCUT2D eigenvalue weighted by atomic mass is 10.1. The summed E-state index contributed by atoms with van der Waals surface area (Å²) >= 11 is 12.0. The third-order valence-electron chi connectivity index (χ3n) is 4.76. The molecular weight excluding hydrogens is 401 g/mol. The van der Waals surface area contributed by atoms with E-state index in [4.69, 9.17) is 32.5 Å². The van der Waals surface area contributed by atoms with Crippen LogP contribution in [0.15, 0.2) is 47.0 Å². The van der Waals surface area contributed by atoms with Gasteiger partial charge in [-0.15, -0.1) is 0 Å². The van der Waals surface area contributed by atoms with E-state index in [-0.39, 0.29) is 11.9 Å². The van der Waals surface area contributed by atoms with Crippen LogP contribution in [0.5, 0.6) is 5.75 Å². The molecule has 6 nitrogen and oxygen atoms in total. The quantitative estimate of drug-likeness (QED) is 0.595. The first-order valence-corrected chi connectivity index (χ1v) is 9.56. The number of carbonyl (C=O) groups is 1. The molecule has 1 unspecified atom stereocenters. The molecule has 2 aromatic carbocycles. The van der Waals surface area contributed by atoms with Gasteiger partial charge in [-0.1, -0.05) is 28.4 Å². The Morgan fingerprint density at radius 1 is 1.18 bits per heavy atom. The number of hydrogen-bond acceptors (Lipinski definition) is 5. The maximum atomic E-state index is 13.0. The zero-order valence-corrected chi connectivity index (χ0v) is 16.6. The van der Waals surface area contributed by atoms with E-state index in [0.717, 1.165) is 24.2 Å². The summed E-state index contributed by atoms with van der Waals surface area (Å²) in [6.45, 7) is 0.615. The van der Waals surface area contributed by atoms with Crippen LogP contribution in [0.25, 0.3) is 11.4 Å². The van der Waals surface area contributed by atoms with Gasteiger partial charge in [0.2, 0.25) is 11.7 Å². The Hall–Kier alpha value is -2.57. The van der Waals surface area contributed by atoms with Crippen molar-refractivity contribution in [2.24, 2.45) is 0 Å². The fourth-order valence-electron chi connectivity index (χ4n) is 3.29. The SMILES string of the molecule is COc1ccc(-c2noc(C3CCCN3C(=O)c3ccc(Cl)c(Cl)c3)n2)cc1. The van der Waals surface area contributed by atoms with E-state index in [1.54, 1.807) is 30.2 Å². The monoisotopic (exact) mass is 417 g/mol. The lowest BCUT2D eigenvalue weighted by molar-refractivity contribution is 0.0710. The summed E-state index contributed by atoms with van der Waals surface area (Å²) in [6, 6.07) is 12.0. The van der Waals surface area contributed by atoms with Gasteiger partial charge in [0.05, 0.1) is 17.2 Å². The number of halogens is 2. The van der Waals surface area contributed by atoms with Crippen molar-refractivity contribution in [3.8, 4) is 17.1 Å². The van der Waals surface area contributed by atoms with Crippen molar-refractivity contribution in [3.63, 3.8) is 0 Å². The number of ether oxygens (including phenoxy) is 1. The van der Waals surface area contributed by atoms with E-state index < -0.39 is 0 Å². The molecule has 4 rings (SSSR count). The summed E-state index contributed by atoms with van der Waals surface area (Å²) in [5.74, 6) is 1.52. The second-order valence-corrected chi connectivity index (χ2v) is 7.28. The molecule has 1 saturated heterocycles. The molecule has 1 aromatic heterocycles. The van der Waals surface area contributed by atoms with Crippen molar-refractivity contribution in [2.75, 3.05) is 13.7 Å². The minimum absolute atomic E-state index is 0.134. The second-order valence-electron chi connectivity index (χ2n) is 6.47.